The lowest BCUT2D eigenvalue weighted by Gasteiger charge is -2.36. The molecular formula is C19H33ClN4O3S. The molecule has 1 aromatic rings. The fourth-order valence-corrected chi connectivity index (χ4v) is 3.86. The van der Waals surface area contributed by atoms with Gasteiger partial charge in [-0.2, -0.15) is 0 Å². The van der Waals surface area contributed by atoms with Gasteiger partial charge in [-0.3, -0.25) is 9.69 Å². The molecular weight excluding hydrogens is 400 g/mol. The maximum Gasteiger partial charge on any atom is 0.239 e. The van der Waals surface area contributed by atoms with Crippen LogP contribution in [0.2, 0.25) is 0 Å². The van der Waals surface area contributed by atoms with E-state index in [1.165, 1.54) is 5.56 Å². The number of hydrogen-bond acceptors (Lipinski definition) is 6. The maximum absolute atomic E-state index is 12.4. The molecule has 1 heterocycles. The van der Waals surface area contributed by atoms with Gasteiger partial charge in [0.15, 0.2) is 0 Å². The minimum absolute atomic E-state index is 0. The second-order valence-electron chi connectivity index (χ2n) is 7.42. The Morgan fingerprint density at radius 1 is 1.18 bits per heavy atom. The summed E-state index contributed by atoms with van der Waals surface area (Å²) in [5.41, 5.74) is 7.19. The number of halogens is 1. The van der Waals surface area contributed by atoms with E-state index in [0.717, 1.165) is 39.0 Å². The van der Waals surface area contributed by atoms with Gasteiger partial charge < -0.3 is 15.5 Å². The Kier molecular flexibility index (Phi) is 10.4. The van der Waals surface area contributed by atoms with E-state index in [1.54, 1.807) is 4.90 Å². The zero-order valence-electron chi connectivity index (χ0n) is 16.8. The number of likely N-dealkylation sites (N-methyl/N-ethyl adjacent to an activating group) is 1. The van der Waals surface area contributed by atoms with Crippen LogP contribution in [0, 0.1) is 0 Å². The number of sulfone groups is 1. The largest absolute Gasteiger partial charge is 0.339 e. The highest BCUT2D eigenvalue weighted by molar-refractivity contribution is 7.90. The van der Waals surface area contributed by atoms with E-state index in [4.69, 9.17) is 5.73 Å². The van der Waals surface area contributed by atoms with E-state index in [0.29, 0.717) is 13.1 Å². The molecule has 1 atom stereocenters. The molecule has 0 aromatic heterocycles. The van der Waals surface area contributed by atoms with Crippen LogP contribution in [0.15, 0.2) is 30.3 Å². The van der Waals surface area contributed by atoms with Crippen molar-refractivity contribution in [1.29, 1.82) is 0 Å². The summed E-state index contributed by atoms with van der Waals surface area (Å²) in [7, 11) is -0.975. The van der Waals surface area contributed by atoms with Crippen molar-refractivity contribution in [3.05, 3.63) is 35.9 Å². The third-order valence-electron chi connectivity index (χ3n) is 4.89. The van der Waals surface area contributed by atoms with Crippen molar-refractivity contribution in [2.45, 2.75) is 19.0 Å². The van der Waals surface area contributed by atoms with Crippen LogP contribution in [0.4, 0.5) is 0 Å². The molecule has 0 radical (unpaired) electrons. The molecule has 9 heteroatoms. The number of amides is 1. The van der Waals surface area contributed by atoms with Crippen LogP contribution in [0.5, 0.6) is 0 Å². The van der Waals surface area contributed by atoms with Crippen LogP contribution in [0.3, 0.4) is 0 Å². The van der Waals surface area contributed by atoms with Gasteiger partial charge in [-0.1, -0.05) is 30.3 Å². The number of rotatable bonds is 9. The molecule has 1 aromatic carbocycles. The SMILES string of the molecule is CN(CCN1CCN(C(=O)C(N)CCS(C)(=O)=O)CC1)Cc1ccccc1.Cl. The standard InChI is InChI=1S/C19H32N4O3S.ClH/c1-21(16-17-6-4-3-5-7-17)9-10-22-11-13-23(14-12-22)19(24)18(20)8-15-27(2,25)26;/h3-7,18H,8-16,20H2,1-2H3;1H. The van der Waals surface area contributed by atoms with Crippen molar-refractivity contribution >= 4 is 28.2 Å². The van der Waals surface area contributed by atoms with E-state index < -0.39 is 15.9 Å². The van der Waals surface area contributed by atoms with Crippen molar-refractivity contribution in [1.82, 2.24) is 14.7 Å². The molecule has 1 amide bonds. The molecule has 1 fully saturated rings. The second-order valence-corrected chi connectivity index (χ2v) is 9.68. The van der Waals surface area contributed by atoms with Gasteiger partial charge in [0, 0.05) is 52.1 Å². The number of nitrogens with zero attached hydrogens (tertiary/aromatic N) is 3. The highest BCUT2D eigenvalue weighted by atomic mass is 35.5. The number of carbonyl (C=O) groups excluding carboxylic acids is 1. The van der Waals surface area contributed by atoms with Gasteiger partial charge in [0.1, 0.15) is 9.84 Å². The molecule has 1 aliphatic rings. The van der Waals surface area contributed by atoms with Crippen molar-refractivity contribution in [3.8, 4) is 0 Å². The monoisotopic (exact) mass is 432 g/mol. The minimum atomic E-state index is -3.09. The predicted octanol–water partition coefficient (Wildman–Crippen LogP) is 0.446. The zero-order chi connectivity index (χ0) is 19.9. The Hall–Kier alpha value is -1.19. The van der Waals surface area contributed by atoms with E-state index in [9.17, 15) is 13.2 Å². The van der Waals surface area contributed by atoms with Crippen LogP contribution in [0.1, 0.15) is 12.0 Å². The summed E-state index contributed by atoms with van der Waals surface area (Å²) in [6.07, 6.45) is 1.35. The molecule has 0 saturated carbocycles. The average molecular weight is 433 g/mol. The third-order valence-corrected chi connectivity index (χ3v) is 5.87. The molecule has 0 spiro atoms. The molecule has 28 heavy (non-hydrogen) atoms. The highest BCUT2D eigenvalue weighted by Crippen LogP contribution is 2.07. The van der Waals surface area contributed by atoms with Gasteiger partial charge in [-0.05, 0) is 19.0 Å². The Labute approximate surface area is 175 Å². The van der Waals surface area contributed by atoms with E-state index in [-0.39, 0.29) is 30.5 Å². The molecule has 0 aliphatic carbocycles. The summed E-state index contributed by atoms with van der Waals surface area (Å²) in [5.74, 6) is -0.187. The fraction of sp³-hybridized carbons (Fsp3) is 0.632. The van der Waals surface area contributed by atoms with Crippen LogP contribution in [0.25, 0.3) is 0 Å². The Morgan fingerprint density at radius 2 is 1.79 bits per heavy atom. The van der Waals surface area contributed by atoms with E-state index in [1.807, 2.05) is 6.07 Å². The fourth-order valence-electron chi connectivity index (χ4n) is 3.18. The summed E-state index contributed by atoms with van der Waals surface area (Å²) in [4.78, 5) is 18.8. The molecule has 7 nitrogen and oxygen atoms in total. The Bertz CT molecular complexity index is 694. The zero-order valence-corrected chi connectivity index (χ0v) is 18.4. The first kappa shape index (κ1) is 24.8. The topological polar surface area (TPSA) is 86.9 Å². The maximum atomic E-state index is 12.4. The van der Waals surface area contributed by atoms with Crippen molar-refractivity contribution in [2.24, 2.45) is 5.73 Å². The summed E-state index contributed by atoms with van der Waals surface area (Å²) in [6, 6.07) is 9.67. The molecule has 1 saturated heterocycles. The molecule has 1 unspecified atom stereocenters. The normalized spacial score (nSPS) is 16.6. The quantitative estimate of drug-likeness (QED) is 0.609. The van der Waals surface area contributed by atoms with Gasteiger partial charge in [0.25, 0.3) is 0 Å². The van der Waals surface area contributed by atoms with Gasteiger partial charge >= 0.3 is 0 Å². The first-order valence-corrected chi connectivity index (χ1v) is 11.5. The first-order chi connectivity index (χ1) is 12.7. The number of carbonyl (C=O) groups is 1. The van der Waals surface area contributed by atoms with Crippen molar-refractivity contribution in [2.75, 3.05) is 58.3 Å². The molecule has 1 aliphatic heterocycles. The van der Waals surface area contributed by atoms with Crippen LogP contribution >= 0.6 is 12.4 Å². The lowest BCUT2D eigenvalue weighted by atomic mass is 10.2. The van der Waals surface area contributed by atoms with E-state index in [2.05, 4.69) is 41.1 Å². The summed E-state index contributed by atoms with van der Waals surface area (Å²) < 4.78 is 22.5. The molecule has 2 rings (SSSR count). The van der Waals surface area contributed by atoms with Gasteiger partial charge in [0.05, 0.1) is 11.8 Å². The first-order valence-electron chi connectivity index (χ1n) is 9.41. The van der Waals surface area contributed by atoms with Gasteiger partial charge in [-0.15, -0.1) is 12.4 Å². The number of piperazine rings is 1. The van der Waals surface area contributed by atoms with Crippen molar-refractivity contribution < 1.29 is 13.2 Å². The van der Waals surface area contributed by atoms with Crippen LogP contribution in [-0.2, 0) is 21.2 Å². The van der Waals surface area contributed by atoms with Gasteiger partial charge in [-0.25, -0.2) is 8.42 Å². The van der Waals surface area contributed by atoms with Crippen LogP contribution in [-0.4, -0.2) is 93.4 Å². The Morgan fingerprint density at radius 3 is 2.36 bits per heavy atom. The highest BCUT2D eigenvalue weighted by Gasteiger charge is 2.25. The second kappa shape index (κ2) is 11.7. The number of nitrogens with two attached hydrogens (primary N) is 1. The third kappa shape index (κ3) is 8.87. The predicted molar refractivity (Wildman–Crippen MR) is 115 cm³/mol. The molecule has 0 bridgehead atoms. The van der Waals surface area contributed by atoms with Crippen LogP contribution < -0.4 is 5.73 Å². The molecule has 2 N–H and O–H groups in total. The molecule has 160 valence electrons. The van der Waals surface area contributed by atoms with Gasteiger partial charge in [0.2, 0.25) is 5.91 Å². The lowest BCUT2D eigenvalue weighted by Crippen LogP contribution is -2.54. The smallest absolute Gasteiger partial charge is 0.239 e. The Balaban J connectivity index is 0.00000392. The average Bonchev–Trinajstić information content (AvgIpc) is 2.64. The summed E-state index contributed by atoms with van der Waals surface area (Å²) in [5, 5.41) is 0. The lowest BCUT2D eigenvalue weighted by molar-refractivity contribution is -0.134. The van der Waals surface area contributed by atoms with Crippen molar-refractivity contribution in [3.63, 3.8) is 0 Å². The number of hydrogen-bond donors (Lipinski definition) is 1. The van der Waals surface area contributed by atoms with E-state index >= 15 is 0 Å². The number of benzene rings is 1. The summed E-state index contributed by atoms with van der Waals surface area (Å²) in [6.45, 7) is 5.80. The minimum Gasteiger partial charge on any atom is -0.339 e. The summed E-state index contributed by atoms with van der Waals surface area (Å²) >= 11 is 0.